The Morgan fingerprint density at radius 3 is 1.44 bits per heavy atom. The lowest BCUT2D eigenvalue weighted by Crippen LogP contribution is -2.59. The van der Waals surface area contributed by atoms with Crippen molar-refractivity contribution in [2.75, 3.05) is 26.4 Å². The van der Waals surface area contributed by atoms with E-state index in [0.717, 1.165) is 77.0 Å². The van der Waals surface area contributed by atoms with Crippen molar-refractivity contribution in [3.63, 3.8) is 0 Å². The van der Waals surface area contributed by atoms with Crippen LogP contribution in [0.2, 0.25) is 0 Å². The molecule has 1 aliphatic rings. The molecule has 0 aromatic rings. The van der Waals surface area contributed by atoms with E-state index in [1.165, 1.54) is 109 Å². The molecular weight excluding hydrogens is 805 g/mol. The maximum atomic E-state index is 12.8. The van der Waals surface area contributed by atoms with Crippen LogP contribution in [0.25, 0.3) is 0 Å². The summed E-state index contributed by atoms with van der Waals surface area (Å²) in [7, 11) is 0. The Morgan fingerprint density at radius 2 is 0.953 bits per heavy atom. The molecule has 1 heterocycles. The van der Waals surface area contributed by atoms with Crippen LogP contribution in [-0.4, -0.2) is 89.6 Å². The molecule has 0 spiro atoms. The monoisotopic (exact) mass is 901 g/mol. The van der Waals surface area contributed by atoms with Gasteiger partial charge in [0.2, 0.25) is 0 Å². The van der Waals surface area contributed by atoms with Gasteiger partial charge in [0, 0.05) is 13.0 Å². The van der Waals surface area contributed by atoms with E-state index in [0.29, 0.717) is 13.0 Å². The maximum Gasteiger partial charge on any atom is 0.306 e. The van der Waals surface area contributed by atoms with Crippen LogP contribution in [0.3, 0.4) is 0 Å². The number of carbonyl (C=O) groups is 1. The van der Waals surface area contributed by atoms with Crippen LogP contribution >= 0.6 is 0 Å². The van der Waals surface area contributed by atoms with Crippen LogP contribution in [0.4, 0.5) is 0 Å². The highest BCUT2D eigenvalue weighted by atomic mass is 16.7. The van der Waals surface area contributed by atoms with Gasteiger partial charge in [-0.05, 0) is 83.5 Å². The summed E-state index contributed by atoms with van der Waals surface area (Å²) in [6.45, 7) is 4.42. The molecule has 370 valence electrons. The normalized spacial score (nSPS) is 20.1. The second kappa shape index (κ2) is 45.8. The predicted molar refractivity (Wildman–Crippen MR) is 265 cm³/mol. The number of aliphatic hydroxyl groups excluding tert-OH is 4. The number of hydrogen-bond donors (Lipinski definition) is 4. The molecule has 6 unspecified atom stereocenters. The maximum absolute atomic E-state index is 12.8. The zero-order chi connectivity index (χ0) is 46.4. The molecule has 4 N–H and O–H groups in total. The standard InChI is InChI=1S/C55H96O9/c1-3-5-7-9-11-13-15-17-19-21-22-23-24-25-26-27-29-31-33-35-37-39-41-43-45-61-47-49(48-62-55-54(60)53(59)52(58)50(46-56)64-55)63-51(57)44-42-40-38-36-34-32-30-28-20-18-16-14-12-10-8-6-4-2/h6,8,12,14-15,17-18,20-22,24-25,49-50,52-56,58-60H,3-5,7,9-11,13,16,19,23,26-48H2,1-2H3/b8-6-,14-12-,17-15-,20-18-,22-21-,25-24-. The van der Waals surface area contributed by atoms with E-state index in [1.54, 1.807) is 0 Å². The van der Waals surface area contributed by atoms with E-state index in [9.17, 15) is 25.2 Å². The van der Waals surface area contributed by atoms with E-state index in [4.69, 9.17) is 18.9 Å². The molecule has 1 saturated heterocycles. The molecule has 9 heteroatoms. The lowest BCUT2D eigenvalue weighted by Gasteiger charge is -2.39. The Morgan fingerprint density at radius 1 is 0.516 bits per heavy atom. The average Bonchev–Trinajstić information content (AvgIpc) is 3.30. The van der Waals surface area contributed by atoms with Gasteiger partial charge in [-0.1, -0.05) is 189 Å². The molecule has 0 radical (unpaired) electrons. The summed E-state index contributed by atoms with van der Waals surface area (Å²) in [4.78, 5) is 12.8. The predicted octanol–water partition coefficient (Wildman–Crippen LogP) is 12.8. The minimum atomic E-state index is -1.54. The molecule has 1 rings (SSSR count). The summed E-state index contributed by atoms with van der Waals surface area (Å²) in [5.74, 6) is -0.327. The highest BCUT2D eigenvalue weighted by Crippen LogP contribution is 2.23. The first-order valence-corrected chi connectivity index (χ1v) is 26.0. The molecule has 0 bridgehead atoms. The first-order chi connectivity index (χ1) is 31.4. The number of esters is 1. The summed E-state index contributed by atoms with van der Waals surface area (Å²) >= 11 is 0. The van der Waals surface area contributed by atoms with Gasteiger partial charge in [0.15, 0.2) is 6.29 Å². The summed E-state index contributed by atoms with van der Waals surface area (Å²) < 4.78 is 22.9. The number of rotatable bonds is 44. The topological polar surface area (TPSA) is 135 Å². The number of carbonyl (C=O) groups excluding carboxylic acids is 1. The SMILES string of the molecule is CC/C=C\C/C=C\C/C=C\CCCCCCCCCC(=O)OC(COCCCCCCCCCCC/C=C\C/C=C\C/C=C\CCCCCCC)COC1OC(CO)C(O)C(O)C1O. The van der Waals surface area contributed by atoms with Gasteiger partial charge >= 0.3 is 5.97 Å². The lowest BCUT2D eigenvalue weighted by molar-refractivity contribution is -0.305. The Labute approximate surface area is 391 Å². The van der Waals surface area contributed by atoms with Gasteiger partial charge in [-0.2, -0.15) is 0 Å². The number of aliphatic hydroxyl groups is 4. The molecular formula is C55H96O9. The summed E-state index contributed by atoms with van der Waals surface area (Å²) in [5, 5.41) is 40.3. The fourth-order valence-electron chi connectivity index (χ4n) is 7.57. The van der Waals surface area contributed by atoms with Crippen molar-refractivity contribution in [3.05, 3.63) is 72.9 Å². The van der Waals surface area contributed by atoms with E-state index < -0.39 is 43.4 Å². The third-order valence-electron chi connectivity index (χ3n) is 11.6. The Hall–Kier alpha value is -2.37. The molecule has 64 heavy (non-hydrogen) atoms. The molecule has 0 aromatic carbocycles. The molecule has 1 fully saturated rings. The van der Waals surface area contributed by atoms with Crippen LogP contribution in [0.5, 0.6) is 0 Å². The Kier molecular flexibility index (Phi) is 42.7. The zero-order valence-corrected chi connectivity index (χ0v) is 40.8. The fourth-order valence-corrected chi connectivity index (χ4v) is 7.57. The molecule has 6 atom stereocenters. The molecule has 0 saturated carbocycles. The largest absolute Gasteiger partial charge is 0.457 e. The second-order valence-corrected chi connectivity index (χ2v) is 17.6. The van der Waals surface area contributed by atoms with Crippen molar-refractivity contribution in [2.24, 2.45) is 0 Å². The highest BCUT2D eigenvalue weighted by Gasteiger charge is 2.44. The van der Waals surface area contributed by atoms with Crippen molar-refractivity contribution in [3.8, 4) is 0 Å². The van der Waals surface area contributed by atoms with Gasteiger partial charge in [-0.25, -0.2) is 0 Å². The van der Waals surface area contributed by atoms with Crippen LogP contribution in [0.15, 0.2) is 72.9 Å². The van der Waals surface area contributed by atoms with Crippen molar-refractivity contribution >= 4 is 5.97 Å². The van der Waals surface area contributed by atoms with Crippen LogP contribution in [0, 0.1) is 0 Å². The fraction of sp³-hybridized carbons (Fsp3) is 0.764. The minimum Gasteiger partial charge on any atom is -0.457 e. The summed E-state index contributed by atoms with van der Waals surface area (Å²) in [6, 6.07) is 0. The number of hydrogen-bond acceptors (Lipinski definition) is 9. The van der Waals surface area contributed by atoms with Crippen LogP contribution in [-0.2, 0) is 23.7 Å². The number of allylic oxidation sites excluding steroid dienone is 12. The van der Waals surface area contributed by atoms with Crippen molar-refractivity contribution in [1.29, 1.82) is 0 Å². The second-order valence-electron chi connectivity index (χ2n) is 17.6. The van der Waals surface area contributed by atoms with Crippen molar-refractivity contribution in [2.45, 2.75) is 243 Å². The Bertz CT molecular complexity index is 1210. The van der Waals surface area contributed by atoms with Gasteiger partial charge in [0.25, 0.3) is 0 Å². The zero-order valence-electron chi connectivity index (χ0n) is 40.8. The lowest BCUT2D eigenvalue weighted by atomic mass is 9.99. The highest BCUT2D eigenvalue weighted by molar-refractivity contribution is 5.69. The minimum absolute atomic E-state index is 0.123. The van der Waals surface area contributed by atoms with E-state index >= 15 is 0 Å². The Balaban J connectivity index is 2.21. The first-order valence-electron chi connectivity index (χ1n) is 26.0. The van der Waals surface area contributed by atoms with E-state index in [1.807, 2.05) is 0 Å². The van der Waals surface area contributed by atoms with Crippen molar-refractivity contribution < 1.29 is 44.2 Å². The number of ether oxygens (including phenoxy) is 4. The van der Waals surface area contributed by atoms with Crippen molar-refractivity contribution in [1.82, 2.24) is 0 Å². The molecule has 1 aliphatic heterocycles. The van der Waals surface area contributed by atoms with Gasteiger partial charge in [-0.3, -0.25) is 4.79 Å². The summed E-state index contributed by atoms with van der Waals surface area (Å²) in [6.07, 6.45) is 53.6. The van der Waals surface area contributed by atoms with Gasteiger partial charge in [0.05, 0.1) is 19.8 Å². The third-order valence-corrected chi connectivity index (χ3v) is 11.6. The molecule has 0 aliphatic carbocycles. The first kappa shape index (κ1) is 59.6. The average molecular weight is 901 g/mol. The van der Waals surface area contributed by atoms with Crippen LogP contribution in [0.1, 0.15) is 206 Å². The molecule has 0 aromatic heterocycles. The van der Waals surface area contributed by atoms with Gasteiger partial charge < -0.3 is 39.4 Å². The summed E-state index contributed by atoms with van der Waals surface area (Å²) in [5.41, 5.74) is 0. The smallest absolute Gasteiger partial charge is 0.306 e. The molecule has 0 amide bonds. The van der Waals surface area contributed by atoms with E-state index in [2.05, 4.69) is 86.8 Å². The van der Waals surface area contributed by atoms with Crippen LogP contribution < -0.4 is 0 Å². The number of unbranched alkanes of at least 4 members (excludes halogenated alkanes) is 21. The van der Waals surface area contributed by atoms with Gasteiger partial charge in [0.1, 0.15) is 30.5 Å². The quantitative estimate of drug-likeness (QED) is 0.0268. The van der Waals surface area contributed by atoms with Gasteiger partial charge in [-0.15, -0.1) is 0 Å². The third kappa shape index (κ3) is 35.8. The molecule has 9 nitrogen and oxygen atoms in total. The van der Waals surface area contributed by atoms with E-state index in [-0.39, 0.29) is 19.2 Å².